The molecular formula is C12H14ClN5S. The van der Waals surface area contributed by atoms with Crippen LogP contribution in [-0.2, 0) is 0 Å². The van der Waals surface area contributed by atoms with Gasteiger partial charge in [0.2, 0.25) is 5.16 Å². The second-order valence-electron chi connectivity index (χ2n) is 4.60. The number of benzene rings is 1. The number of halogens is 1. The molecule has 19 heavy (non-hydrogen) atoms. The smallest absolute Gasteiger partial charge is 0.214 e. The van der Waals surface area contributed by atoms with Crippen LogP contribution in [0.15, 0.2) is 28.3 Å². The topological polar surface area (TPSA) is 69.6 Å². The molecule has 0 atom stereocenters. The van der Waals surface area contributed by atoms with Crippen molar-refractivity contribution in [1.29, 1.82) is 0 Å². The van der Waals surface area contributed by atoms with Gasteiger partial charge in [-0.25, -0.2) is 4.68 Å². The zero-order valence-electron chi connectivity index (χ0n) is 10.3. The van der Waals surface area contributed by atoms with Crippen molar-refractivity contribution in [3.8, 4) is 0 Å². The minimum atomic E-state index is 0.404. The van der Waals surface area contributed by atoms with Crippen LogP contribution in [0.3, 0.4) is 0 Å². The molecule has 1 aromatic carbocycles. The molecule has 1 fully saturated rings. The maximum Gasteiger partial charge on any atom is 0.214 e. The number of anilines is 1. The van der Waals surface area contributed by atoms with Gasteiger partial charge >= 0.3 is 0 Å². The number of aromatic nitrogens is 4. The van der Waals surface area contributed by atoms with Crippen LogP contribution in [0.4, 0.5) is 5.69 Å². The Morgan fingerprint density at radius 2 is 2.11 bits per heavy atom. The van der Waals surface area contributed by atoms with Crippen LogP contribution in [0.1, 0.15) is 31.7 Å². The molecule has 100 valence electrons. The molecule has 1 aromatic heterocycles. The Morgan fingerprint density at radius 1 is 1.32 bits per heavy atom. The predicted molar refractivity (Wildman–Crippen MR) is 75.3 cm³/mol. The maximum absolute atomic E-state index is 6.18. The lowest BCUT2D eigenvalue weighted by Gasteiger charge is -2.12. The van der Waals surface area contributed by atoms with E-state index < -0.39 is 0 Å². The van der Waals surface area contributed by atoms with Gasteiger partial charge in [-0.2, -0.15) is 0 Å². The number of tetrazole rings is 1. The largest absolute Gasteiger partial charge is 0.398 e. The number of hydrogen-bond acceptors (Lipinski definition) is 5. The molecule has 2 N–H and O–H groups in total. The first-order valence-electron chi connectivity index (χ1n) is 6.25. The first kappa shape index (κ1) is 12.7. The molecule has 0 saturated heterocycles. The van der Waals surface area contributed by atoms with Gasteiger partial charge in [-0.1, -0.05) is 30.5 Å². The lowest BCUT2D eigenvalue weighted by atomic mass is 10.3. The van der Waals surface area contributed by atoms with E-state index in [2.05, 4.69) is 15.5 Å². The molecule has 0 bridgehead atoms. The fourth-order valence-electron chi connectivity index (χ4n) is 2.36. The van der Waals surface area contributed by atoms with E-state index in [1.54, 1.807) is 0 Å². The normalized spacial score (nSPS) is 16.1. The quantitative estimate of drug-likeness (QED) is 0.881. The lowest BCUT2D eigenvalue weighted by Crippen LogP contribution is -2.08. The van der Waals surface area contributed by atoms with Crippen molar-refractivity contribution >= 4 is 29.1 Å². The third kappa shape index (κ3) is 2.55. The summed E-state index contributed by atoms with van der Waals surface area (Å²) in [7, 11) is 0. The highest BCUT2D eigenvalue weighted by atomic mass is 35.5. The summed E-state index contributed by atoms with van der Waals surface area (Å²) in [6, 6.07) is 5.89. The highest BCUT2D eigenvalue weighted by Gasteiger charge is 2.22. The first-order valence-corrected chi connectivity index (χ1v) is 7.45. The second-order valence-corrected chi connectivity index (χ2v) is 5.99. The zero-order chi connectivity index (χ0) is 13.2. The number of nitrogens with two attached hydrogens (primary N) is 1. The van der Waals surface area contributed by atoms with Crippen LogP contribution in [0, 0.1) is 0 Å². The Bertz CT molecular complexity index is 559. The molecule has 7 heteroatoms. The summed E-state index contributed by atoms with van der Waals surface area (Å²) in [4.78, 5) is 0.818. The van der Waals surface area contributed by atoms with Gasteiger partial charge in [0.15, 0.2) is 0 Å². The van der Waals surface area contributed by atoms with Gasteiger partial charge in [-0.3, -0.25) is 0 Å². The second kappa shape index (κ2) is 5.38. The lowest BCUT2D eigenvalue weighted by molar-refractivity contribution is 0.423. The molecule has 2 aromatic rings. The zero-order valence-corrected chi connectivity index (χ0v) is 11.9. The van der Waals surface area contributed by atoms with E-state index >= 15 is 0 Å². The SMILES string of the molecule is Nc1cccc(Cl)c1Sc1nnnn1C1CCCC1. The van der Waals surface area contributed by atoms with Crippen molar-refractivity contribution in [1.82, 2.24) is 20.2 Å². The molecule has 5 nitrogen and oxygen atoms in total. The van der Waals surface area contributed by atoms with Crippen molar-refractivity contribution in [2.75, 3.05) is 5.73 Å². The van der Waals surface area contributed by atoms with E-state index in [9.17, 15) is 0 Å². The van der Waals surface area contributed by atoms with Crippen molar-refractivity contribution in [3.63, 3.8) is 0 Å². The van der Waals surface area contributed by atoms with Crippen LogP contribution < -0.4 is 5.73 Å². The van der Waals surface area contributed by atoms with E-state index in [-0.39, 0.29) is 0 Å². The standard InChI is InChI=1S/C12H14ClN5S/c13-9-6-3-7-10(14)11(9)19-12-15-16-17-18(12)8-4-1-2-5-8/h3,6-8H,1-2,4-5,14H2. The van der Waals surface area contributed by atoms with Gasteiger partial charge in [-0.05, 0) is 47.2 Å². The minimum Gasteiger partial charge on any atom is -0.398 e. The van der Waals surface area contributed by atoms with Crippen molar-refractivity contribution < 1.29 is 0 Å². The fraction of sp³-hybridized carbons (Fsp3) is 0.417. The number of hydrogen-bond donors (Lipinski definition) is 1. The van der Waals surface area contributed by atoms with Crippen molar-refractivity contribution in [2.24, 2.45) is 0 Å². The van der Waals surface area contributed by atoms with Crippen LogP contribution in [0.5, 0.6) is 0 Å². The molecule has 1 heterocycles. The molecule has 0 amide bonds. The van der Waals surface area contributed by atoms with Crippen LogP contribution in [-0.4, -0.2) is 20.2 Å². The average Bonchev–Trinajstić information content (AvgIpc) is 3.04. The fourth-order valence-corrected chi connectivity index (χ4v) is 3.54. The van der Waals surface area contributed by atoms with Gasteiger partial charge in [0.05, 0.1) is 16.0 Å². The summed E-state index contributed by atoms with van der Waals surface area (Å²) in [6.45, 7) is 0. The molecule has 1 aliphatic carbocycles. The van der Waals surface area contributed by atoms with Gasteiger partial charge < -0.3 is 5.73 Å². The van der Waals surface area contributed by atoms with Gasteiger partial charge in [0.1, 0.15) is 0 Å². The third-order valence-electron chi connectivity index (χ3n) is 3.32. The molecular weight excluding hydrogens is 282 g/mol. The maximum atomic E-state index is 6.18. The van der Waals surface area contributed by atoms with Crippen molar-refractivity contribution in [2.45, 2.75) is 41.8 Å². The van der Waals surface area contributed by atoms with Crippen LogP contribution >= 0.6 is 23.4 Å². The summed E-state index contributed by atoms with van der Waals surface area (Å²) >= 11 is 7.61. The number of nitrogen functional groups attached to an aromatic ring is 1. The molecule has 0 unspecified atom stereocenters. The Morgan fingerprint density at radius 3 is 2.84 bits per heavy atom. The Labute approximate surface area is 120 Å². The van der Waals surface area contributed by atoms with E-state index in [1.807, 2.05) is 22.9 Å². The highest BCUT2D eigenvalue weighted by molar-refractivity contribution is 7.99. The first-order chi connectivity index (χ1) is 9.25. The van der Waals surface area contributed by atoms with Crippen LogP contribution in [0.2, 0.25) is 5.02 Å². The summed E-state index contributed by atoms with van der Waals surface area (Å²) in [5.74, 6) is 0. The van der Waals surface area contributed by atoms with Gasteiger partial charge in [0, 0.05) is 5.69 Å². The van der Waals surface area contributed by atoms with E-state index in [4.69, 9.17) is 17.3 Å². The predicted octanol–water partition coefficient (Wildman–Crippen LogP) is 3.18. The molecule has 1 saturated carbocycles. The summed E-state index contributed by atoms with van der Waals surface area (Å²) in [5.41, 5.74) is 6.61. The van der Waals surface area contributed by atoms with Crippen molar-refractivity contribution in [3.05, 3.63) is 23.2 Å². The van der Waals surface area contributed by atoms with Gasteiger partial charge in [-0.15, -0.1) is 5.10 Å². The van der Waals surface area contributed by atoms with E-state index in [0.29, 0.717) is 16.8 Å². The summed E-state index contributed by atoms with van der Waals surface area (Å²) in [6.07, 6.45) is 4.75. The number of nitrogens with zero attached hydrogens (tertiary/aromatic N) is 4. The highest BCUT2D eigenvalue weighted by Crippen LogP contribution is 2.38. The van der Waals surface area contributed by atoms with E-state index in [0.717, 1.165) is 22.9 Å². The van der Waals surface area contributed by atoms with Gasteiger partial charge in [0.25, 0.3) is 0 Å². The minimum absolute atomic E-state index is 0.404. The summed E-state index contributed by atoms with van der Waals surface area (Å²) < 4.78 is 1.90. The molecule has 0 spiro atoms. The molecule has 1 aliphatic rings. The van der Waals surface area contributed by atoms with Crippen LogP contribution in [0.25, 0.3) is 0 Å². The Balaban J connectivity index is 1.89. The number of rotatable bonds is 3. The molecule has 0 radical (unpaired) electrons. The Kier molecular flexibility index (Phi) is 3.61. The van der Waals surface area contributed by atoms with E-state index in [1.165, 1.54) is 24.6 Å². The Hall–Kier alpha value is -1.27. The molecule has 3 rings (SSSR count). The summed E-state index contributed by atoms with van der Waals surface area (Å²) in [5, 5.41) is 13.4. The average molecular weight is 296 g/mol. The third-order valence-corrected chi connectivity index (χ3v) is 4.86. The molecule has 0 aliphatic heterocycles. The monoisotopic (exact) mass is 295 g/mol.